The van der Waals surface area contributed by atoms with Crippen molar-refractivity contribution < 1.29 is 9.22 Å². The Morgan fingerprint density at radius 1 is 1.39 bits per heavy atom. The van der Waals surface area contributed by atoms with E-state index in [4.69, 9.17) is 4.43 Å². The van der Waals surface area contributed by atoms with E-state index in [2.05, 4.69) is 33.5 Å². The monoisotopic (exact) mass is 266 g/mol. The predicted octanol–water partition coefficient (Wildman–Crippen LogP) is 4.14. The van der Waals surface area contributed by atoms with Crippen molar-refractivity contribution in [2.75, 3.05) is 0 Å². The molecule has 1 saturated carbocycles. The Morgan fingerprint density at radius 3 is 2.50 bits per heavy atom. The fraction of sp³-hybridized carbons (Fsp3) is 0.800. The van der Waals surface area contributed by atoms with Gasteiger partial charge in [-0.25, -0.2) is 0 Å². The lowest BCUT2D eigenvalue weighted by atomic mass is 9.55. The van der Waals surface area contributed by atoms with E-state index < -0.39 is 8.32 Å². The van der Waals surface area contributed by atoms with Crippen LogP contribution < -0.4 is 0 Å². The van der Waals surface area contributed by atoms with Crippen LogP contribution in [0.3, 0.4) is 0 Å². The number of allylic oxidation sites excluding steroid dienone is 2. The summed E-state index contributed by atoms with van der Waals surface area (Å²) in [5.74, 6) is 2.30. The Kier molecular flexibility index (Phi) is 3.25. The zero-order chi connectivity index (χ0) is 13.7. The molecule has 0 aromatic carbocycles. The fourth-order valence-corrected chi connectivity index (χ4v) is 4.67. The standard InChI is InChI=1S/C15H26O2Si/c1-10-14(17-18(4,5)6)12-7-8-15(10,3)13(9-12)11(2)16/h12-13H,7-9H2,1-6H3/t12-,13+,15-/m0/s1. The number of fused-ring (bicyclic) bond motifs is 2. The van der Waals surface area contributed by atoms with Gasteiger partial charge in [-0.1, -0.05) is 6.92 Å². The molecule has 3 rings (SSSR count). The van der Waals surface area contributed by atoms with E-state index in [0.717, 1.165) is 12.8 Å². The average molecular weight is 266 g/mol. The topological polar surface area (TPSA) is 26.3 Å². The summed E-state index contributed by atoms with van der Waals surface area (Å²) in [6.45, 7) is 12.9. The molecule has 0 saturated heterocycles. The maximum atomic E-state index is 11.9. The molecule has 2 bridgehead atoms. The predicted molar refractivity (Wildman–Crippen MR) is 76.8 cm³/mol. The lowest BCUT2D eigenvalue weighted by Crippen LogP contribution is -2.46. The van der Waals surface area contributed by atoms with Gasteiger partial charge in [0.1, 0.15) is 5.78 Å². The Bertz CT molecular complexity index is 405. The van der Waals surface area contributed by atoms with Gasteiger partial charge in [0, 0.05) is 17.3 Å². The molecule has 2 nitrogen and oxygen atoms in total. The van der Waals surface area contributed by atoms with Gasteiger partial charge < -0.3 is 4.43 Å². The highest BCUT2D eigenvalue weighted by atomic mass is 28.4. The van der Waals surface area contributed by atoms with Crippen LogP contribution in [0, 0.1) is 17.3 Å². The van der Waals surface area contributed by atoms with Crippen LogP contribution in [0.1, 0.15) is 40.0 Å². The molecule has 0 aromatic rings. The van der Waals surface area contributed by atoms with Gasteiger partial charge in [0.2, 0.25) is 8.32 Å². The van der Waals surface area contributed by atoms with Crippen molar-refractivity contribution in [1.82, 2.24) is 0 Å². The average Bonchev–Trinajstić information content (AvgIpc) is 2.22. The third-order valence-corrected chi connectivity index (χ3v) is 5.64. The van der Waals surface area contributed by atoms with Gasteiger partial charge in [0.25, 0.3) is 0 Å². The largest absolute Gasteiger partial charge is 0.547 e. The van der Waals surface area contributed by atoms with E-state index in [0.29, 0.717) is 11.7 Å². The van der Waals surface area contributed by atoms with Crippen LogP contribution in [0.2, 0.25) is 19.6 Å². The second-order valence-corrected chi connectivity index (χ2v) is 11.7. The molecule has 0 radical (unpaired) electrons. The molecule has 3 aliphatic carbocycles. The first-order chi connectivity index (χ1) is 8.15. The van der Waals surface area contributed by atoms with E-state index in [-0.39, 0.29) is 11.3 Å². The first-order valence-corrected chi connectivity index (χ1v) is 10.5. The molecule has 0 amide bonds. The molecule has 0 spiro atoms. The highest BCUT2D eigenvalue weighted by Gasteiger charge is 2.51. The minimum absolute atomic E-state index is 0.0512. The Morgan fingerprint density at radius 2 is 2.00 bits per heavy atom. The minimum Gasteiger partial charge on any atom is -0.547 e. The molecule has 18 heavy (non-hydrogen) atoms. The number of ketones is 1. The zero-order valence-electron chi connectivity index (χ0n) is 12.6. The van der Waals surface area contributed by atoms with Crippen molar-refractivity contribution in [1.29, 1.82) is 0 Å². The van der Waals surface area contributed by atoms with Crippen molar-refractivity contribution in [3.63, 3.8) is 0 Å². The normalized spacial score (nSPS) is 35.9. The van der Waals surface area contributed by atoms with Crippen LogP contribution in [0.15, 0.2) is 11.3 Å². The Balaban J connectivity index is 2.39. The van der Waals surface area contributed by atoms with Crippen molar-refractivity contribution in [2.45, 2.75) is 59.7 Å². The van der Waals surface area contributed by atoms with Gasteiger partial charge in [0.05, 0.1) is 5.76 Å². The number of rotatable bonds is 3. The molecule has 102 valence electrons. The second kappa shape index (κ2) is 4.22. The summed E-state index contributed by atoms with van der Waals surface area (Å²) >= 11 is 0. The number of carbonyl (C=O) groups is 1. The number of hydrogen-bond acceptors (Lipinski definition) is 2. The fourth-order valence-electron chi connectivity index (χ4n) is 3.69. The van der Waals surface area contributed by atoms with Gasteiger partial charge in [-0.3, -0.25) is 4.79 Å². The van der Waals surface area contributed by atoms with Crippen LogP contribution >= 0.6 is 0 Å². The lowest BCUT2D eigenvalue weighted by molar-refractivity contribution is -0.127. The highest BCUT2D eigenvalue weighted by Crippen LogP contribution is 2.57. The summed E-state index contributed by atoms with van der Waals surface area (Å²) in [7, 11) is -1.55. The van der Waals surface area contributed by atoms with Gasteiger partial charge in [0.15, 0.2) is 0 Å². The molecular formula is C15H26O2Si. The molecule has 0 aromatic heterocycles. The second-order valence-electron chi connectivity index (χ2n) is 7.26. The van der Waals surface area contributed by atoms with E-state index >= 15 is 0 Å². The maximum Gasteiger partial charge on any atom is 0.241 e. The van der Waals surface area contributed by atoms with Crippen molar-refractivity contribution in [3.05, 3.63) is 11.3 Å². The molecule has 3 aliphatic rings. The zero-order valence-corrected chi connectivity index (χ0v) is 13.6. The molecule has 0 N–H and O–H groups in total. The summed E-state index contributed by atoms with van der Waals surface area (Å²) in [5.41, 5.74) is 1.41. The molecule has 1 fully saturated rings. The molecular weight excluding hydrogens is 240 g/mol. The van der Waals surface area contributed by atoms with E-state index in [1.807, 2.05) is 0 Å². The third-order valence-electron chi connectivity index (χ3n) is 4.81. The first kappa shape index (κ1) is 13.8. The Hall–Kier alpha value is -0.573. The Labute approximate surface area is 112 Å². The quantitative estimate of drug-likeness (QED) is 0.718. The summed E-state index contributed by atoms with van der Waals surface area (Å²) < 4.78 is 6.33. The summed E-state index contributed by atoms with van der Waals surface area (Å²) in [6, 6.07) is 0. The van der Waals surface area contributed by atoms with Gasteiger partial charge in [-0.05, 0) is 58.3 Å². The van der Waals surface area contributed by atoms with Gasteiger partial charge in [-0.2, -0.15) is 0 Å². The highest BCUT2D eigenvalue weighted by molar-refractivity contribution is 6.70. The summed E-state index contributed by atoms with van der Waals surface area (Å²) in [6.07, 6.45) is 3.34. The number of hydrogen-bond donors (Lipinski definition) is 0. The van der Waals surface area contributed by atoms with Crippen LogP contribution in [-0.2, 0) is 9.22 Å². The number of carbonyl (C=O) groups excluding carboxylic acids is 1. The van der Waals surface area contributed by atoms with Crippen molar-refractivity contribution in [2.24, 2.45) is 17.3 Å². The SMILES string of the molecule is CC(=O)[C@H]1C[C@@H]2CC[C@@]1(C)C(C)=C2O[Si](C)(C)C. The van der Waals surface area contributed by atoms with Gasteiger partial charge in [-0.15, -0.1) is 0 Å². The molecule has 0 aliphatic heterocycles. The lowest BCUT2D eigenvalue weighted by Gasteiger charge is -2.51. The third kappa shape index (κ3) is 2.17. The van der Waals surface area contributed by atoms with E-state index in [1.165, 1.54) is 17.8 Å². The molecule has 3 atom stereocenters. The van der Waals surface area contributed by atoms with Crippen molar-refractivity contribution >= 4 is 14.1 Å². The molecule has 0 heterocycles. The van der Waals surface area contributed by atoms with E-state index in [1.54, 1.807) is 6.92 Å². The van der Waals surface area contributed by atoms with Crippen LogP contribution in [0.4, 0.5) is 0 Å². The van der Waals surface area contributed by atoms with Crippen LogP contribution in [0.25, 0.3) is 0 Å². The summed E-state index contributed by atoms with van der Waals surface area (Å²) in [4.78, 5) is 11.9. The molecule has 3 heteroatoms. The van der Waals surface area contributed by atoms with Crippen LogP contribution in [0.5, 0.6) is 0 Å². The minimum atomic E-state index is -1.55. The van der Waals surface area contributed by atoms with Crippen molar-refractivity contribution in [3.8, 4) is 0 Å². The van der Waals surface area contributed by atoms with E-state index in [9.17, 15) is 4.79 Å². The van der Waals surface area contributed by atoms with Crippen LogP contribution in [-0.4, -0.2) is 14.1 Å². The maximum absolute atomic E-state index is 11.9. The number of Topliss-reactive ketones (excluding diaryl/α,β-unsaturated/α-hetero) is 1. The molecule has 0 unspecified atom stereocenters. The van der Waals surface area contributed by atoms with Gasteiger partial charge >= 0.3 is 0 Å². The smallest absolute Gasteiger partial charge is 0.241 e. The first-order valence-electron chi connectivity index (χ1n) is 7.06. The summed E-state index contributed by atoms with van der Waals surface area (Å²) in [5, 5.41) is 0.